The minimum Gasteiger partial charge on any atom is -0.352 e. The van der Waals surface area contributed by atoms with Gasteiger partial charge in [-0.3, -0.25) is 13.9 Å². The summed E-state index contributed by atoms with van der Waals surface area (Å²) in [5.74, 6) is -0.755. The van der Waals surface area contributed by atoms with Gasteiger partial charge in [0.05, 0.1) is 10.6 Å². The lowest BCUT2D eigenvalue weighted by atomic mass is 9.95. The van der Waals surface area contributed by atoms with Crippen LogP contribution in [-0.4, -0.2) is 43.8 Å². The average Bonchev–Trinajstić information content (AvgIpc) is 2.98. The van der Waals surface area contributed by atoms with Crippen LogP contribution in [0.3, 0.4) is 0 Å². The molecule has 4 rings (SSSR count). The van der Waals surface area contributed by atoms with Gasteiger partial charge in [-0.05, 0) is 73.7 Å². The van der Waals surface area contributed by atoms with E-state index < -0.39 is 28.5 Å². The fraction of sp³-hybridized carbons (Fsp3) is 0.375. The summed E-state index contributed by atoms with van der Waals surface area (Å²) >= 11 is 12.5. The molecular formula is C32H37Cl2N3O4S. The normalized spacial score (nSPS) is 14.7. The number of anilines is 1. The second kappa shape index (κ2) is 14.4. The minimum absolute atomic E-state index is 0.00249. The highest BCUT2D eigenvalue weighted by molar-refractivity contribution is 7.92. The predicted molar refractivity (Wildman–Crippen MR) is 168 cm³/mol. The van der Waals surface area contributed by atoms with Crippen molar-refractivity contribution in [3.63, 3.8) is 0 Å². The van der Waals surface area contributed by atoms with E-state index >= 15 is 0 Å². The molecule has 0 spiro atoms. The third kappa shape index (κ3) is 7.65. The fourth-order valence-corrected chi connectivity index (χ4v) is 7.16. The molecule has 0 unspecified atom stereocenters. The van der Waals surface area contributed by atoms with Crippen LogP contribution < -0.4 is 9.62 Å². The van der Waals surface area contributed by atoms with Gasteiger partial charge < -0.3 is 10.2 Å². The Bertz CT molecular complexity index is 1490. The van der Waals surface area contributed by atoms with E-state index in [1.54, 1.807) is 49.4 Å². The summed E-state index contributed by atoms with van der Waals surface area (Å²) in [6.07, 6.45) is 5.42. The molecule has 0 aromatic heterocycles. The number of hydrogen-bond acceptors (Lipinski definition) is 4. The Balaban J connectivity index is 1.72. The number of halogens is 2. The Kier molecular flexibility index (Phi) is 10.9. The first-order valence-electron chi connectivity index (χ1n) is 14.3. The molecule has 1 atom stereocenters. The summed E-state index contributed by atoms with van der Waals surface area (Å²) in [6.45, 7) is 3.19. The largest absolute Gasteiger partial charge is 0.352 e. The molecule has 42 heavy (non-hydrogen) atoms. The van der Waals surface area contributed by atoms with Crippen LogP contribution in [0.4, 0.5) is 5.69 Å². The number of carbonyl (C=O) groups is 2. The van der Waals surface area contributed by atoms with Crippen LogP contribution in [0, 0.1) is 6.92 Å². The van der Waals surface area contributed by atoms with E-state index in [1.165, 1.54) is 29.2 Å². The Labute approximate surface area is 258 Å². The minimum atomic E-state index is -4.18. The van der Waals surface area contributed by atoms with Crippen molar-refractivity contribution >= 4 is 50.7 Å². The summed E-state index contributed by atoms with van der Waals surface area (Å²) in [6, 6.07) is 19.2. The van der Waals surface area contributed by atoms with Crippen molar-refractivity contribution in [3.05, 3.63) is 94.0 Å². The molecule has 0 radical (unpaired) electrons. The van der Waals surface area contributed by atoms with Crippen molar-refractivity contribution < 1.29 is 18.0 Å². The number of rotatable bonds is 11. The predicted octanol–water partition coefficient (Wildman–Crippen LogP) is 6.75. The van der Waals surface area contributed by atoms with Crippen molar-refractivity contribution in [3.8, 4) is 0 Å². The molecule has 1 aliphatic rings. The molecule has 0 bridgehead atoms. The molecule has 1 saturated carbocycles. The molecule has 0 aliphatic heterocycles. The maximum Gasteiger partial charge on any atom is 0.264 e. The summed E-state index contributed by atoms with van der Waals surface area (Å²) in [5.41, 5.74) is 1.72. The van der Waals surface area contributed by atoms with Gasteiger partial charge in [0.25, 0.3) is 10.0 Å². The van der Waals surface area contributed by atoms with Crippen molar-refractivity contribution in [1.29, 1.82) is 0 Å². The zero-order chi connectivity index (χ0) is 30.3. The topological polar surface area (TPSA) is 86.8 Å². The van der Waals surface area contributed by atoms with Gasteiger partial charge >= 0.3 is 0 Å². The Hall–Kier alpha value is -3.07. The summed E-state index contributed by atoms with van der Waals surface area (Å²) < 4.78 is 29.1. The lowest BCUT2D eigenvalue weighted by Crippen LogP contribution is -2.54. The molecule has 1 N–H and O–H groups in total. The van der Waals surface area contributed by atoms with Crippen LogP contribution in [0.5, 0.6) is 0 Å². The lowest BCUT2D eigenvalue weighted by molar-refractivity contribution is -0.140. The number of hydrogen-bond donors (Lipinski definition) is 1. The number of nitrogens with zero attached hydrogens (tertiary/aromatic N) is 2. The van der Waals surface area contributed by atoms with Gasteiger partial charge in [0.15, 0.2) is 0 Å². The molecule has 7 nitrogen and oxygen atoms in total. The number of aryl methyl sites for hydroxylation is 1. The number of benzene rings is 3. The standard InChI is InChI=1S/C32H37Cl2N3O4S/c1-3-29(32(39)35-26-13-5-4-6-14-26)36(21-24-12-8-9-15-28(24)34)31(38)22-37(30-16-10-7-11-23(30)2)42(40,41)27-19-17-25(33)18-20-27/h7-12,15-20,26,29H,3-6,13-14,21-22H2,1-2H3,(H,35,39)/t29-/m1/s1. The van der Waals surface area contributed by atoms with E-state index in [0.717, 1.165) is 36.4 Å². The van der Waals surface area contributed by atoms with Crippen molar-refractivity contribution in [2.75, 3.05) is 10.8 Å². The summed E-state index contributed by atoms with van der Waals surface area (Å²) in [5, 5.41) is 4.01. The molecule has 2 amide bonds. The zero-order valence-electron chi connectivity index (χ0n) is 23.9. The van der Waals surface area contributed by atoms with Crippen LogP contribution in [0.2, 0.25) is 10.0 Å². The van der Waals surface area contributed by atoms with Crippen LogP contribution in [-0.2, 0) is 26.2 Å². The first-order chi connectivity index (χ1) is 20.1. The highest BCUT2D eigenvalue weighted by atomic mass is 35.5. The number of para-hydroxylation sites is 1. The maximum atomic E-state index is 14.3. The van der Waals surface area contributed by atoms with Crippen LogP contribution in [0.15, 0.2) is 77.7 Å². The number of amides is 2. The van der Waals surface area contributed by atoms with Crippen LogP contribution in [0.1, 0.15) is 56.6 Å². The van der Waals surface area contributed by atoms with Gasteiger partial charge in [-0.25, -0.2) is 8.42 Å². The van der Waals surface area contributed by atoms with E-state index in [9.17, 15) is 18.0 Å². The molecule has 3 aromatic carbocycles. The Morgan fingerprint density at radius 2 is 1.57 bits per heavy atom. The van der Waals surface area contributed by atoms with Gasteiger partial charge in [-0.1, -0.05) is 85.8 Å². The second-order valence-electron chi connectivity index (χ2n) is 10.6. The second-order valence-corrected chi connectivity index (χ2v) is 13.3. The average molecular weight is 631 g/mol. The van der Waals surface area contributed by atoms with Gasteiger partial charge in [0.2, 0.25) is 11.8 Å². The van der Waals surface area contributed by atoms with Crippen molar-refractivity contribution in [2.45, 2.75) is 75.9 Å². The van der Waals surface area contributed by atoms with E-state index in [2.05, 4.69) is 5.32 Å². The SMILES string of the molecule is CC[C@H](C(=O)NC1CCCCC1)N(Cc1ccccc1Cl)C(=O)CN(c1ccccc1C)S(=O)(=O)c1ccc(Cl)cc1. The van der Waals surface area contributed by atoms with Crippen LogP contribution >= 0.6 is 23.2 Å². The molecule has 224 valence electrons. The van der Waals surface area contributed by atoms with E-state index in [-0.39, 0.29) is 23.4 Å². The monoisotopic (exact) mass is 629 g/mol. The summed E-state index contributed by atoms with van der Waals surface area (Å²) in [4.78, 5) is 29.4. The molecule has 1 fully saturated rings. The molecular weight excluding hydrogens is 593 g/mol. The van der Waals surface area contributed by atoms with Crippen molar-refractivity contribution in [1.82, 2.24) is 10.2 Å². The Morgan fingerprint density at radius 3 is 2.21 bits per heavy atom. The lowest BCUT2D eigenvalue weighted by Gasteiger charge is -2.35. The molecule has 3 aromatic rings. The van der Waals surface area contributed by atoms with Gasteiger partial charge in [-0.2, -0.15) is 0 Å². The number of nitrogens with one attached hydrogen (secondary N) is 1. The quantitative estimate of drug-likeness (QED) is 0.254. The summed E-state index contributed by atoms with van der Waals surface area (Å²) in [7, 11) is -4.18. The fourth-order valence-electron chi connectivity index (χ4n) is 5.36. The molecule has 0 saturated heterocycles. The first kappa shape index (κ1) is 31.9. The number of carbonyl (C=O) groups excluding carboxylic acids is 2. The van der Waals surface area contributed by atoms with Gasteiger partial charge in [0, 0.05) is 22.6 Å². The zero-order valence-corrected chi connectivity index (χ0v) is 26.3. The smallest absolute Gasteiger partial charge is 0.264 e. The van der Waals surface area contributed by atoms with Crippen LogP contribution in [0.25, 0.3) is 0 Å². The third-order valence-electron chi connectivity index (χ3n) is 7.70. The third-order valence-corrected chi connectivity index (χ3v) is 10.1. The van der Waals surface area contributed by atoms with E-state index in [0.29, 0.717) is 33.3 Å². The highest BCUT2D eigenvalue weighted by Gasteiger charge is 2.35. The van der Waals surface area contributed by atoms with Crippen molar-refractivity contribution in [2.24, 2.45) is 0 Å². The number of sulfonamides is 1. The van der Waals surface area contributed by atoms with E-state index in [4.69, 9.17) is 23.2 Å². The molecule has 1 aliphatic carbocycles. The van der Waals surface area contributed by atoms with Gasteiger partial charge in [0.1, 0.15) is 12.6 Å². The first-order valence-corrected chi connectivity index (χ1v) is 16.5. The maximum absolute atomic E-state index is 14.3. The molecule has 10 heteroatoms. The van der Waals surface area contributed by atoms with Gasteiger partial charge in [-0.15, -0.1) is 0 Å². The Morgan fingerprint density at radius 1 is 0.929 bits per heavy atom. The molecule has 0 heterocycles. The van der Waals surface area contributed by atoms with E-state index in [1.807, 2.05) is 13.0 Å². The highest BCUT2D eigenvalue weighted by Crippen LogP contribution is 2.29.